The van der Waals surface area contributed by atoms with E-state index in [1.807, 2.05) is 18.2 Å². The average molecular weight is 229 g/mol. The number of hydrogen-bond acceptors (Lipinski definition) is 2. The van der Waals surface area contributed by atoms with Gasteiger partial charge in [0.2, 0.25) is 0 Å². The van der Waals surface area contributed by atoms with Crippen molar-refractivity contribution in [3.05, 3.63) is 22.7 Å². The summed E-state index contributed by atoms with van der Waals surface area (Å²) >= 11 is 3.39. The molecule has 0 fully saturated rings. The van der Waals surface area contributed by atoms with Crippen LogP contribution in [-0.4, -0.2) is 6.54 Å². The standard InChI is InChI=1S/C9H13BrN2/c1-2-5-12-9-6-7(10)3-4-8(9)11/h3-4,6,12H,2,5,11H2,1H3. The molecule has 0 heterocycles. The lowest BCUT2D eigenvalue weighted by atomic mass is 10.2. The van der Waals surface area contributed by atoms with E-state index in [0.29, 0.717) is 0 Å². The lowest BCUT2D eigenvalue weighted by Gasteiger charge is -2.07. The fraction of sp³-hybridized carbons (Fsp3) is 0.333. The van der Waals surface area contributed by atoms with Crippen LogP contribution in [0.25, 0.3) is 0 Å². The van der Waals surface area contributed by atoms with Crippen molar-refractivity contribution in [2.75, 3.05) is 17.6 Å². The lowest BCUT2D eigenvalue weighted by molar-refractivity contribution is 0.980. The quantitative estimate of drug-likeness (QED) is 0.782. The van der Waals surface area contributed by atoms with Gasteiger partial charge in [0.05, 0.1) is 11.4 Å². The van der Waals surface area contributed by atoms with Crippen LogP contribution in [0.4, 0.5) is 11.4 Å². The minimum absolute atomic E-state index is 0.798. The zero-order chi connectivity index (χ0) is 8.97. The van der Waals surface area contributed by atoms with Gasteiger partial charge < -0.3 is 11.1 Å². The largest absolute Gasteiger partial charge is 0.397 e. The Hall–Kier alpha value is -0.700. The maximum Gasteiger partial charge on any atom is 0.0585 e. The molecule has 1 aromatic carbocycles. The Kier molecular flexibility index (Phi) is 3.41. The highest BCUT2D eigenvalue weighted by molar-refractivity contribution is 9.10. The van der Waals surface area contributed by atoms with Crippen molar-refractivity contribution in [1.82, 2.24) is 0 Å². The van der Waals surface area contributed by atoms with Crippen LogP contribution in [0.3, 0.4) is 0 Å². The molecule has 0 saturated heterocycles. The maximum absolute atomic E-state index is 5.75. The molecule has 0 aromatic heterocycles. The summed E-state index contributed by atoms with van der Waals surface area (Å²) in [5, 5.41) is 3.25. The SMILES string of the molecule is CCCNc1cc(Br)ccc1N. The zero-order valence-electron chi connectivity index (χ0n) is 7.10. The van der Waals surface area contributed by atoms with Gasteiger partial charge in [-0.3, -0.25) is 0 Å². The fourth-order valence-electron chi connectivity index (χ4n) is 0.941. The van der Waals surface area contributed by atoms with Crippen molar-refractivity contribution in [3.8, 4) is 0 Å². The first-order valence-electron chi connectivity index (χ1n) is 4.03. The molecule has 12 heavy (non-hydrogen) atoms. The molecule has 0 radical (unpaired) electrons. The lowest BCUT2D eigenvalue weighted by Crippen LogP contribution is -2.02. The van der Waals surface area contributed by atoms with Gasteiger partial charge in [0.25, 0.3) is 0 Å². The third-order valence-electron chi connectivity index (χ3n) is 1.58. The first-order chi connectivity index (χ1) is 5.74. The zero-order valence-corrected chi connectivity index (χ0v) is 8.69. The van der Waals surface area contributed by atoms with Crippen LogP contribution in [0.2, 0.25) is 0 Å². The number of nitrogen functional groups attached to an aromatic ring is 1. The maximum atomic E-state index is 5.75. The Bertz CT molecular complexity index is 261. The predicted molar refractivity (Wildman–Crippen MR) is 57.3 cm³/mol. The Labute approximate surface area is 81.3 Å². The van der Waals surface area contributed by atoms with Gasteiger partial charge in [0, 0.05) is 11.0 Å². The third-order valence-corrected chi connectivity index (χ3v) is 2.07. The molecule has 0 saturated carbocycles. The first-order valence-corrected chi connectivity index (χ1v) is 4.82. The van der Waals surface area contributed by atoms with Crippen LogP contribution in [0.5, 0.6) is 0 Å². The van der Waals surface area contributed by atoms with Crippen LogP contribution in [0.1, 0.15) is 13.3 Å². The second kappa shape index (κ2) is 4.36. The Balaban J connectivity index is 2.75. The molecule has 3 heteroatoms. The number of anilines is 2. The van der Waals surface area contributed by atoms with Crippen molar-refractivity contribution in [2.24, 2.45) is 0 Å². The molecule has 0 aliphatic carbocycles. The van der Waals surface area contributed by atoms with E-state index in [1.165, 1.54) is 0 Å². The van der Waals surface area contributed by atoms with Crippen molar-refractivity contribution < 1.29 is 0 Å². The number of hydrogen-bond donors (Lipinski definition) is 2. The van der Waals surface area contributed by atoms with Gasteiger partial charge >= 0.3 is 0 Å². The van der Waals surface area contributed by atoms with E-state index in [2.05, 4.69) is 28.2 Å². The molecule has 0 bridgehead atoms. The molecule has 1 rings (SSSR count). The minimum Gasteiger partial charge on any atom is -0.397 e. The van der Waals surface area contributed by atoms with E-state index in [1.54, 1.807) is 0 Å². The number of benzene rings is 1. The molecule has 0 unspecified atom stereocenters. The normalized spacial score (nSPS) is 9.83. The van der Waals surface area contributed by atoms with Crippen LogP contribution in [-0.2, 0) is 0 Å². The van der Waals surface area contributed by atoms with E-state index in [0.717, 1.165) is 28.8 Å². The summed E-state index contributed by atoms with van der Waals surface area (Å²) in [5.74, 6) is 0. The van der Waals surface area contributed by atoms with Gasteiger partial charge in [0.15, 0.2) is 0 Å². The second-order valence-corrected chi connectivity index (χ2v) is 3.57. The molecular weight excluding hydrogens is 216 g/mol. The highest BCUT2D eigenvalue weighted by atomic mass is 79.9. The smallest absolute Gasteiger partial charge is 0.0585 e. The Morgan fingerprint density at radius 1 is 1.50 bits per heavy atom. The predicted octanol–water partition coefficient (Wildman–Crippen LogP) is 2.85. The number of nitrogens with one attached hydrogen (secondary N) is 1. The van der Waals surface area contributed by atoms with Crippen molar-refractivity contribution in [3.63, 3.8) is 0 Å². The Morgan fingerprint density at radius 3 is 2.92 bits per heavy atom. The second-order valence-electron chi connectivity index (χ2n) is 2.66. The summed E-state index contributed by atoms with van der Waals surface area (Å²) in [5.41, 5.74) is 7.55. The van der Waals surface area contributed by atoms with Gasteiger partial charge in [-0.15, -0.1) is 0 Å². The number of nitrogens with two attached hydrogens (primary N) is 1. The van der Waals surface area contributed by atoms with E-state index < -0.39 is 0 Å². The highest BCUT2D eigenvalue weighted by Crippen LogP contribution is 2.22. The molecule has 1 aromatic rings. The first kappa shape index (κ1) is 9.39. The number of rotatable bonds is 3. The Morgan fingerprint density at radius 2 is 2.25 bits per heavy atom. The molecule has 0 aliphatic rings. The minimum atomic E-state index is 0.798. The van der Waals surface area contributed by atoms with Gasteiger partial charge in [-0.1, -0.05) is 22.9 Å². The van der Waals surface area contributed by atoms with Gasteiger partial charge in [0.1, 0.15) is 0 Å². The molecule has 2 nitrogen and oxygen atoms in total. The van der Waals surface area contributed by atoms with Crippen molar-refractivity contribution in [2.45, 2.75) is 13.3 Å². The van der Waals surface area contributed by atoms with E-state index in [-0.39, 0.29) is 0 Å². The van der Waals surface area contributed by atoms with Crippen LogP contribution in [0, 0.1) is 0 Å². The van der Waals surface area contributed by atoms with E-state index in [9.17, 15) is 0 Å². The van der Waals surface area contributed by atoms with Crippen LogP contribution >= 0.6 is 15.9 Å². The molecule has 66 valence electrons. The summed E-state index contributed by atoms with van der Waals surface area (Å²) in [6.07, 6.45) is 1.10. The molecule has 0 aliphatic heterocycles. The van der Waals surface area contributed by atoms with Crippen molar-refractivity contribution in [1.29, 1.82) is 0 Å². The van der Waals surface area contributed by atoms with Crippen molar-refractivity contribution >= 4 is 27.3 Å². The molecule has 3 N–H and O–H groups in total. The summed E-state index contributed by atoms with van der Waals surface area (Å²) in [6, 6.07) is 5.82. The summed E-state index contributed by atoms with van der Waals surface area (Å²) in [7, 11) is 0. The molecular formula is C9H13BrN2. The third kappa shape index (κ3) is 2.41. The van der Waals surface area contributed by atoms with Gasteiger partial charge in [-0.05, 0) is 24.6 Å². The van der Waals surface area contributed by atoms with Gasteiger partial charge in [-0.25, -0.2) is 0 Å². The average Bonchev–Trinajstić information content (AvgIpc) is 2.07. The van der Waals surface area contributed by atoms with Crippen LogP contribution in [0.15, 0.2) is 22.7 Å². The van der Waals surface area contributed by atoms with Crippen LogP contribution < -0.4 is 11.1 Å². The molecule has 0 spiro atoms. The summed E-state index contributed by atoms with van der Waals surface area (Å²) in [4.78, 5) is 0. The highest BCUT2D eigenvalue weighted by Gasteiger charge is 1.97. The molecule has 0 atom stereocenters. The van der Waals surface area contributed by atoms with E-state index in [4.69, 9.17) is 5.73 Å². The summed E-state index contributed by atoms with van der Waals surface area (Å²) < 4.78 is 1.05. The summed E-state index contributed by atoms with van der Waals surface area (Å²) in [6.45, 7) is 3.09. The fourth-order valence-corrected chi connectivity index (χ4v) is 1.30. The topological polar surface area (TPSA) is 38.0 Å². The number of halogens is 1. The van der Waals surface area contributed by atoms with E-state index >= 15 is 0 Å². The monoisotopic (exact) mass is 228 g/mol. The molecule has 0 amide bonds. The van der Waals surface area contributed by atoms with Gasteiger partial charge in [-0.2, -0.15) is 0 Å².